The van der Waals surface area contributed by atoms with Crippen molar-refractivity contribution < 1.29 is 0 Å². The minimum atomic E-state index is 0.467. The van der Waals surface area contributed by atoms with E-state index in [2.05, 4.69) is 33.2 Å². The van der Waals surface area contributed by atoms with Gasteiger partial charge in [0.2, 0.25) is 0 Å². The monoisotopic (exact) mass is 267 g/mol. The summed E-state index contributed by atoms with van der Waals surface area (Å²) in [6.45, 7) is 0.467. The third-order valence-corrected chi connectivity index (χ3v) is 3.26. The summed E-state index contributed by atoms with van der Waals surface area (Å²) in [6.07, 6.45) is 3.71. The Morgan fingerprint density at radius 2 is 2.10 bits per heavy atom. The number of anilines is 1. The summed E-state index contributed by atoms with van der Waals surface area (Å²) >= 11 is 0. The van der Waals surface area contributed by atoms with Crippen molar-refractivity contribution in [3.8, 4) is 11.3 Å². The lowest BCUT2D eigenvalue weighted by atomic mass is 10.1. The van der Waals surface area contributed by atoms with Gasteiger partial charge in [0.15, 0.2) is 5.65 Å². The molecule has 0 radical (unpaired) electrons. The van der Waals surface area contributed by atoms with Crippen LogP contribution in [0.1, 0.15) is 5.56 Å². The normalized spacial score (nSPS) is 10.9. The van der Waals surface area contributed by atoms with E-state index in [9.17, 15) is 0 Å². The van der Waals surface area contributed by atoms with Crippen molar-refractivity contribution >= 4 is 11.3 Å². The maximum Gasteiger partial charge on any atom is 0.155 e. The summed E-state index contributed by atoms with van der Waals surface area (Å²) in [5.74, 6) is 0. The highest BCUT2D eigenvalue weighted by Crippen LogP contribution is 2.23. The van der Waals surface area contributed by atoms with E-state index < -0.39 is 0 Å². The molecule has 0 fully saturated rings. The Labute approximate surface area is 117 Å². The maximum atomic E-state index is 5.63. The number of aromatic nitrogens is 3. The highest BCUT2D eigenvalue weighted by atomic mass is 15.2. The van der Waals surface area contributed by atoms with Crippen molar-refractivity contribution in [2.24, 2.45) is 5.73 Å². The van der Waals surface area contributed by atoms with Gasteiger partial charge in [0.25, 0.3) is 0 Å². The van der Waals surface area contributed by atoms with Crippen LogP contribution in [0.3, 0.4) is 0 Å². The number of benzene rings is 1. The Morgan fingerprint density at radius 1 is 1.25 bits per heavy atom. The van der Waals surface area contributed by atoms with E-state index in [0.29, 0.717) is 6.54 Å². The molecule has 2 aromatic heterocycles. The van der Waals surface area contributed by atoms with Crippen molar-refractivity contribution in [1.82, 2.24) is 14.6 Å². The Bertz CT molecular complexity index is 745. The highest BCUT2D eigenvalue weighted by Gasteiger charge is 2.07. The van der Waals surface area contributed by atoms with Gasteiger partial charge >= 0.3 is 0 Å². The highest BCUT2D eigenvalue weighted by molar-refractivity contribution is 5.68. The fraction of sp³-hybridized carbons (Fsp3) is 0.200. The Morgan fingerprint density at radius 3 is 2.85 bits per heavy atom. The summed E-state index contributed by atoms with van der Waals surface area (Å²) in [5.41, 5.74) is 10.6. The third-order valence-electron chi connectivity index (χ3n) is 3.26. The van der Waals surface area contributed by atoms with Crippen LogP contribution in [0.5, 0.6) is 0 Å². The van der Waals surface area contributed by atoms with Gasteiger partial charge in [-0.1, -0.05) is 12.1 Å². The van der Waals surface area contributed by atoms with Crippen LogP contribution in [0.2, 0.25) is 0 Å². The first kappa shape index (κ1) is 12.6. The van der Waals surface area contributed by atoms with E-state index in [4.69, 9.17) is 5.73 Å². The largest absolute Gasteiger partial charge is 0.378 e. The van der Waals surface area contributed by atoms with E-state index >= 15 is 0 Å². The van der Waals surface area contributed by atoms with Crippen LogP contribution < -0.4 is 10.6 Å². The predicted octanol–water partition coefficient (Wildman–Crippen LogP) is 1.92. The summed E-state index contributed by atoms with van der Waals surface area (Å²) in [6, 6.07) is 10.3. The molecule has 0 amide bonds. The van der Waals surface area contributed by atoms with E-state index in [1.165, 1.54) is 0 Å². The molecule has 0 bridgehead atoms. The maximum absolute atomic E-state index is 5.63. The van der Waals surface area contributed by atoms with Gasteiger partial charge in [-0.25, -0.2) is 9.50 Å². The van der Waals surface area contributed by atoms with Gasteiger partial charge < -0.3 is 10.6 Å². The van der Waals surface area contributed by atoms with Crippen molar-refractivity contribution in [2.75, 3.05) is 19.0 Å². The standard InChI is InChI=1S/C15H17N5/c1-19(2)13-5-3-4-12(6-13)14-7-15-17-9-11(8-16)10-20(15)18-14/h3-7,9-10H,8,16H2,1-2H3. The second kappa shape index (κ2) is 4.94. The van der Waals surface area contributed by atoms with Gasteiger partial charge in [-0.05, 0) is 12.1 Å². The second-order valence-electron chi connectivity index (χ2n) is 4.94. The minimum Gasteiger partial charge on any atom is -0.378 e. The quantitative estimate of drug-likeness (QED) is 0.787. The third kappa shape index (κ3) is 2.23. The molecular formula is C15H17N5. The fourth-order valence-electron chi connectivity index (χ4n) is 2.11. The molecule has 3 rings (SSSR count). The van der Waals surface area contributed by atoms with E-state index in [1.54, 1.807) is 10.7 Å². The molecule has 0 aliphatic rings. The molecule has 0 atom stereocenters. The van der Waals surface area contributed by atoms with Gasteiger partial charge in [0.1, 0.15) is 0 Å². The SMILES string of the molecule is CN(C)c1cccc(-c2cc3ncc(CN)cn3n2)c1. The Kier molecular flexibility index (Phi) is 3.12. The Balaban J connectivity index is 2.07. The molecule has 0 saturated heterocycles. The van der Waals surface area contributed by atoms with Crippen molar-refractivity contribution in [2.45, 2.75) is 6.54 Å². The minimum absolute atomic E-state index is 0.467. The first-order valence-electron chi connectivity index (χ1n) is 6.49. The molecule has 0 spiro atoms. The molecule has 0 saturated carbocycles. The lowest BCUT2D eigenvalue weighted by molar-refractivity contribution is 0.905. The lowest BCUT2D eigenvalue weighted by Crippen LogP contribution is -2.08. The molecular weight excluding hydrogens is 250 g/mol. The zero-order valence-corrected chi connectivity index (χ0v) is 11.6. The average molecular weight is 267 g/mol. The van der Waals surface area contributed by atoms with E-state index in [1.807, 2.05) is 32.4 Å². The topological polar surface area (TPSA) is 59.5 Å². The summed E-state index contributed by atoms with van der Waals surface area (Å²) in [4.78, 5) is 6.44. The predicted molar refractivity (Wildman–Crippen MR) is 80.6 cm³/mol. The molecule has 2 N–H and O–H groups in total. The number of nitrogens with two attached hydrogens (primary N) is 1. The number of nitrogens with zero attached hydrogens (tertiary/aromatic N) is 4. The molecule has 3 aromatic rings. The molecule has 5 nitrogen and oxygen atoms in total. The van der Waals surface area contributed by atoms with Gasteiger partial charge in [-0.15, -0.1) is 0 Å². The fourth-order valence-corrected chi connectivity index (χ4v) is 2.11. The Hall–Kier alpha value is -2.40. The molecule has 5 heteroatoms. The van der Waals surface area contributed by atoms with Crippen LogP contribution in [0.4, 0.5) is 5.69 Å². The number of hydrogen-bond acceptors (Lipinski definition) is 4. The van der Waals surface area contributed by atoms with Gasteiger partial charge in [0, 0.05) is 55.9 Å². The lowest BCUT2D eigenvalue weighted by Gasteiger charge is -2.12. The molecule has 102 valence electrons. The zero-order valence-electron chi connectivity index (χ0n) is 11.6. The van der Waals surface area contributed by atoms with Gasteiger partial charge in [-0.2, -0.15) is 5.10 Å². The molecule has 0 aliphatic carbocycles. The van der Waals surface area contributed by atoms with Crippen molar-refractivity contribution in [3.63, 3.8) is 0 Å². The smallest absolute Gasteiger partial charge is 0.155 e. The molecule has 1 aromatic carbocycles. The van der Waals surface area contributed by atoms with Crippen LogP contribution in [-0.4, -0.2) is 28.7 Å². The molecule has 20 heavy (non-hydrogen) atoms. The van der Waals surface area contributed by atoms with E-state index in [-0.39, 0.29) is 0 Å². The zero-order chi connectivity index (χ0) is 14.1. The summed E-state index contributed by atoms with van der Waals surface area (Å²) in [7, 11) is 4.05. The molecule has 0 aliphatic heterocycles. The van der Waals surface area contributed by atoms with Crippen LogP contribution in [0, 0.1) is 0 Å². The first-order chi connectivity index (χ1) is 9.67. The van der Waals surface area contributed by atoms with Crippen molar-refractivity contribution in [3.05, 3.63) is 48.3 Å². The van der Waals surface area contributed by atoms with Gasteiger partial charge in [0.05, 0.1) is 5.69 Å². The summed E-state index contributed by atoms with van der Waals surface area (Å²) in [5, 5.41) is 4.57. The van der Waals surface area contributed by atoms with E-state index in [0.717, 1.165) is 28.2 Å². The van der Waals surface area contributed by atoms with Crippen LogP contribution >= 0.6 is 0 Å². The number of hydrogen-bond donors (Lipinski definition) is 1. The summed E-state index contributed by atoms with van der Waals surface area (Å²) < 4.78 is 1.78. The second-order valence-corrected chi connectivity index (χ2v) is 4.94. The van der Waals surface area contributed by atoms with Gasteiger partial charge in [-0.3, -0.25) is 0 Å². The molecule has 2 heterocycles. The number of rotatable bonds is 3. The number of fused-ring (bicyclic) bond motifs is 1. The van der Waals surface area contributed by atoms with Crippen molar-refractivity contribution in [1.29, 1.82) is 0 Å². The first-order valence-corrected chi connectivity index (χ1v) is 6.49. The molecule has 0 unspecified atom stereocenters. The van der Waals surface area contributed by atoms with Crippen LogP contribution in [0.15, 0.2) is 42.7 Å². The van der Waals surface area contributed by atoms with Crippen LogP contribution in [0.25, 0.3) is 16.9 Å². The average Bonchev–Trinajstić information content (AvgIpc) is 2.90. The van der Waals surface area contributed by atoms with Crippen LogP contribution in [-0.2, 0) is 6.54 Å².